The summed E-state index contributed by atoms with van der Waals surface area (Å²) in [7, 11) is -2.97. The Morgan fingerprint density at radius 1 is 1.47 bits per heavy atom. The molecule has 92 valence electrons. The van der Waals surface area contributed by atoms with Gasteiger partial charge >= 0.3 is 0 Å². The van der Waals surface area contributed by atoms with Crippen LogP contribution >= 0.6 is 0 Å². The molecule has 1 saturated heterocycles. The van der Waals surface area contributed by atoms with Crippen LogP contribution in [0.3, 0.4) is 0 Å². The summed E-state index contributed by atoms with van der Waals surface area (Å²) in [6.45, 7) is 0. The van der Waals surface area contributed by atoms with Crippen molar-refractivity contribution in [3.8, 4) is 0 Å². The van der Waals surface area contributed by atoms with E-state index in [-0.39, 0.29) is 35.2 Å². The van der Waals surface area contributed by atoms with E-state index in [0.29, 0.717) is 6.42 Å². The summed E-state index contributed by atoms with van der Waals surface area (Å²) in [5, 5.41) is 0. The first-order valence-corrected chi connectivity index (χ1v) is 7.12. The highest BCUT2D eigenvalue weighted by Crippen LogP contribution is 2.23. The third-order valence-corrected chi connectivity index (χ3v) is 4.66. The number of hydrogen-bond acceptors (Lipinski definition) is 4. The predicted molar refractivity (Wildman–Crippen MR) is 59.9 cm³/mol. The van der Waals surface area contributed by atoms with Crippen LogP contribution in [0.5, 0.6) is 0 Å². The zero-order chi connectivity index (χ0) is 12.5. The van der Waals surface area contributed by atoms with Crippen LogP contribution in [0.2, 0.25) is 0 Å². The van der Waals surface area contributed by atoms with E-state index >= 15 is 0 Å². The summed E-state index contributed by atoms with van der Waals surface area (Å²) in [6, 6.07) is 1.12. The summed E-state index contributed by atoms with van der Waals surface area (Å²) in [6.07, 6.45) is 2.98. The lowest BCUT2D eigenvalue weighted by Crippen LogP contribution is -2.11. The van der Waals surface area contributed by atoms with E-state index in [1.165, 1.54) is 6.20 Å². The van der Waals surface area contributed by atoms with Gasteiger partial charge in [-0.3, -0.25) is 9.78 Å². The number of carbonyl (C=O) groups excluding carboxylic acids is 1. The molecular formula is C11H12FNO3S. The molecule has 6 heteroatoms. The average Bonchev–Trinajstić information content (AvgIpc) is 2.58. The topological polar surface area (TPSA) is 64.1 Å². The molecular weight excluding hydrogens is 245 g/mol. The summed E-state index contributed by atoms with van der Waals surface area (Å²) in [5.74, 6) is -0.752. The maximum atomic E-state index is 12.9. The van der Waals surface area contributed by atoms with Gasteiger partial charge in [-0.1, -0.05) is 0 Å². The zero-order valence-corrected chi connectivity index (χ0v) is 9.91. The fourth-order valence-corrected chi connectivity index (χ4v) is 3.84. The molecule has 0 N–H and O–H groups in total. The molecule has 17 heavy (non-hydrogen) atoms. The Morgan fingerprint density at radius 3 is 2.82 bits per heavy atom. The van der Waals surface area contributed by atoms with Gasteiger partial charge in [0.2, 0.25) is 0 Å². The van der Waals surface area contributed by atoms with E-state index in [1.54, 1.807) is 0 Å². The van der Waals surface area contributed by atoms with Crippen LogP contribution in [-0.2, 0) is 9.84 Å². The van der Waals surface area contributed by atoms with Gasteiger partial charge in [0.05, 0.1) is 17.7 Å². The number of ketones is 1. The van der Waals surface area contributed by atoms with Gasteiger partial charge in [0.1, 0.15) is 5.82 Å². The lowest BCUT2D eigenvalue weighted by molar-refractivity contribution is 0.0965. The summed E-state index contributed by atoms with van der Waals surface area (Å²) in [4.78, 5) is 15.4. The van der Waals surface area contributed by atoms with E-state index in [1.807, 2.05) is 0 Å². The molecule has 2 rings (SSSR count). The van der Waals surface area contributed by atoms with Gasteiger partial charge in [0.15, 0.2) is 15.6 Å². The molecule has 1 aromatic heterocycles. The number of carbonyl (C=O) groups is 1. The van der Waals surface area contributed by atoms with Crippen LogP contribution in [0.4, 0.5) is 4.39 Å². The van der Waals surface area contributed by atoms with Crippen LogP contribution in [0.15, 0.2) is 18.5 Å². The minimum Gasteiger partial charge on any atom is -0.294 e. The molecule has 0 bridgehead atoms. The smallest absolute Gasteiger partial charge is 0.164 e. The number of Topliss-reactive ketones (excluding diaryl/α,β-unsaturated/α-hetero) is 1. The van der Waals surface area contributed by atoms with Crippen molar-refractivity contribution in [2.75, 3.05) is 11.5 Å². The van der Waals surface area contributed by atoms with Crippen molar-refractivity contribution in [3.05, 3.63) is 29.8 Å². The molecule has 0 spiro atoms. The molecule has 0 saturated carbocycles. The maximum absolute atomic E-state index is 12.9. The highest BCUT2D eigenvalue weighted by atomic mass is 32.2. The first-order valence-electron chi connectivity index (χ1n) is 5.30. The van der Waals surface area contributed by atoms with Crippen LogP contribution in [0.25, 0.3) is 0 Å². The van der Waals surface area contributed by atoms with Crippen molar-refractivity contribution in [2.24, 2.45) is 5.92 Å². The van der Waals surface area contributed by atoms with Gasteiger partial charge in [-0.15, -0.1) is 0 Å². The van der Waals surface area contributed by atoms with Crippen molar-refractivity contribution < 1.29 is 17.6 Å². The first kappa shape index (κ1) is 12.2. The SMILES string of the molecule is O=C(CC1CCS(=O)(=O)C1)c1cncc(F)c1. The molecule has 1 fully saturated rings. The lowest BCUT2D eigenvalue weighted by Gasteiger charge is -2.05. The molecule has 1 aliphatic rings. The minimum atomic E-state index is -2.97. The highest BCUT2D eigenvalue weighted by molar-refractivity contribution is 7.91. The van der Waals surface area contributed by atoms with E-state index < -0.39 is 15.7 Å². The van der Waals surface area contributed by atoms with E-state index in [2.05, 4.69) is 4.98 Å². The molecule has 1 aliphatic heterocycles. The summed E-state index contributed by atoms with van der Waals surface area (Å²) < 4.78 is 35.3. The molecule has 0 aliphatic carbocycles. The van der Waals surface area contributed by atoms with Crippen molar-refractivity contribution in [1.82, 2.24) is 4.98 Å². The predicted octanol–water partition coefficient (Wildman–Crippen LogP) is 1.23. The van der Waals surface area contributed by atoms with Gasteiger partial charge in [0.25, 0.3) is 0 Å². The van der Waals surface area contributed by atoms with Gasteiger partial charge in [-0.05, 0) is 18.4 Å². The first-order chi connectivity index (χ1) is 7.96. The molecule has 0 radical (unpaired) electrons. The Balaban J connectivity index is 2.03. The molecule has 0 amide bonds. The number of aromatic nitrogens is 1. The van der Waals surface area contributed by atoms with Crippen molar-refractivity contribution in [1.29, 1.82) is 0 Å². The Morgan fingerprint density at radius 2 is 2.24 bits per heavy atom. The number of nitrogens with zero attached hydrogens (tertiary/aromatic N) is 1. The Labute approximate surface area is 98.8 Å². The fourth-order valence-electron chi connectivity index (χ4n) is 1.98. The summed E-state index contributed by atoms with van der Waals surface area (Å²) >= 11 is 0. The normalized spacial score (nSPS) is 22.5. The maximum Gasteiger partial charge on any atom is 0.164 e. The molecule has 4 nitrogen and oxygen atoms in total. The fraction of sp³-hybridized carbons (Fsp3) is 0.455. The van der Waals surface area contributed by atoms with E-state index in [9.17, 15) is 17.6 Å². The lowest BCUT2D eigenvalue weighted by atomic mass is 9.99. The monoisotopic (exact) mass is 257 g/mol. The van der Waals surface area contributed by atoms with Crippen LogP contribution < -0.4 is 0 Å². The van der Waals surface area contributed by atoms with E-state index in [0.717, 1.165) is 12.3 Å². The molecule has 1 atom stereocenters. The Kier molecular flexibility index (Phi) is 3.24. The summed E-state index contributed by atoms with van der Waals surface area (Å²) in [5.41, 5.74) is 0.203. The van der Waals surface area contributed by atoms with E-state index in [4.69, 9.17) is 0 Å². The highest BCUT2D eigenvalue weighted by Gasteiger charge is 2.29. The van der Waals surface area contributed by atoms with Crippen LogP contribution in [0.1, 0.15) is 23.2 Å². The van der Waals surface area contributed by atoms with Crippen molar-refractivity contribution in [3.63, 3.8) is 0 Å². The molecule has 0 aromatic carbocycles. The minimum absolute atomic E-state index is 0.0570. The van der Waals surface area contributed by atoms with Crippen LogP contribution in [-0.4, -0.2) is 30.7 Å². The van der Waals surface area contributed by atoms with Gasteiger partial charge in [-0.25, -0.2) is 12.8 Å². The second-order valence-electron chi connectivity index (χ2n) is 4.29. The molecule has 1 aromatic rings. The number of rotatable bonds is 3. The number of sulfone groups is 1. The largest absolute Gasteiger partial charge is 0.294 e. The standard InChI is InChI=1S/C11H12FNO3S/c12-10-4-9(5-13-6-10)11(14)3-8-1-2-17(15,16)7-8/h4-6,8H,1-3,7H2. The van der Waals surface area contributed by atoms with Gasteiger partial charge < -0.3 is 0 Å². The third kappa shape index (κ3) is 3.09. The Bertz CT molecular complexity index is 541. The molecule has 1 unspecified atom stereocenters. The van der Waals surface area contributed by atoms with Gasteiger partial charge in [-0.2, -0.15) is 0 Å². The van der Waals surface area contributed by atoms with Crippen molar-refractivity contribution >= 4 is 15.6 Å². The third-order valence-electron chi connectivity index (χ3n) is 2.83. The van der Waals surface area contributed by atoms with Crippen molar-refractivity contribution in [2.45, 2.75) is 12.8 Å². The number of pyridine rings is 1. The number of hydrogen-bond donors (Lipinski definition) is 0. The Hall–Kier alpha value is -1.30. The second-order valence-corrected chi connectivity index (χ2v) is 6.52. The zero-order valence-electron chi connectivity index (χ0n) is 9.10. The quantitative estimate of drug-likeness (QED) is 0.764. The van der Waals surface area contributed by atoms with Gasteiger partial charge in [0, 0.05) is 18.2 Å². The molecule has 2 heterocycles. The second kappa shape index (κ2) is 4.52. The number of halogens is 1. The van der Waals surface area contributed by atoms with Crippen LogP contribution in [0, 0.1) is 11.7 Å². The average molecular weight is 257 g/mol.